The van der Waals surface area contributed by atoms with Crippen molar-refractivity contribution in [2.45, 2.75) is 19.8 Å². The van der Waals surface area contributed by atoms with Crippen LogP contribution in [0.1, 0.15) is 30.1 Å². The minimum absolute atomic E-state index is 0.201. The molecule has 0 saturated carbocycles. The maximum Gasteiger partial charge on any atom is 0.338 e. The van der Waals surface area contributed by atoms with Crippen LogP contribution in [0.5, 0.6) is 0 Å². The molecule has 9 heteroatoms. The van der Waals surface area contributed by atoms with Crippen molar-refractivity contribution in [2.75, 3.05) is 97.8 Å². The summed E-state index contributed by atoms with van der Waals surface area (Å²) in [6.45, 7) is 12.7. The van der Waals surface area contributed by atoms with E-state index in [4.69, 9.17) is 33.2 Å². The minimum Gasteiger partial charge on any atom is -0.460 e. The molecular weight excluding hydrogens is 454 g/mol. The van der Waals surface area contributed by atoms with Crippen LogP contribution in [-0.2, 0) is 33.2 Å². The number of rotatable bonds is 25. The van der Waals surface area contributed by atoms with Crippen LogP contribution in [-0.4, -0.2) is 98.4 Å². The molecule has 0 heterocycles. The Hall–Kier alpha value is -2.01. The van der Waals surface area contributed by atoms with Gasteiger partial charge in [0.25, 0.3) is 0 Å². The van der Waals surface area contributed by atoms with Gasteiger partial charge in [0.1, 0.15) is 6.61 Å². The van der Waals surface area contributed by atoms with Crippen molar-refractivity contribution < 1.29 is 38.0 Å². The molecule has 35 heavy (non-hydrogen) atoms. The van der Waals surface area contributed by atoms with Gasteiger partial charge in [-0.15, -0.1) is 6.58 Å². The highest BCUT2D eigenvalue weighted by Gasteiger charge is 2.06. The number of unbranched alkanes of at least 4 members (excludes halogenated alkanes) is 1. The second-order valence-electron chi connectivity index (χ2n) is 7.42. The van der Waals surface area contributed by atoms with Crippen molar-refractivity contribution in [1.29, 1.82) is 0 Å². The molecule has 0 fully saturated rings. The maximum atomic E-state index is 12.0. The zero-order chi connectivity index (χ0) is 25.2. The number of esters is 1. The average Bonchev–Trinajstić information content (AvgIpc) is 2.88. The predicted molar refractivity (Wildman–Crippen MR) is 135 cm³/mol. The lowest BCUT2D eigenvalue weighted by Crippen LogP contribution is -2.15. The summed E-state index contributed by atoms with van der Waals surface area (Å²) in [5, 5.41) is 3.31. The summed E-state index contributed by atoms with van der Waals surface area (Å²) < 4.78 is 37.5. The number of carbonyl (C=O) groups is 1. The van der Waals surface area contributed by atoms with Crippen LogP contribution in [0.4, 0.5) is 5.69 Å². The minimum atomic E-state index is -0.354. The van der Waals surface area contributed by atoms with E-state index in [1.165, 1.54) is 0 Å². The summed E-state index contributed by atoms with van der Waals surface area (Å²) in [7, 11) is 0. The number of anilines is 1. The summed E-state index contributed by atoms with van der Waals surface area (Å²) in [6, 6.07) is 7.30. The van der Waals surface area contributed by atoms with E-state index in [9.17, 15) is 4.79 Å². The van der Waals surface area contributed by atoms with Crippen LogP contribution in [0.3, 0.4) is 0 Å². The number of hydrogen-bond acceptors (Lipinski definition) is 9. The van der Waals surface area contributed by atoms with E-state index in [-0.39, 0.29) is 12.6 Å². The number of nitrogens with one attached hydrogen (secondary N) is 1. The lowest BCUT2D eigenvalue weighted by molar-refractivity contribution is -0.0185. The average molecular weight is 498 g/mol. The van der Waals surface area contributed by atoms with E-state index >= 15 is 0 Å². The monoisotopic (exact) mass is 497 g/mol. The van der Waals surface area contributed by atoms with Gasteiger partial charge in [-0.3, -0.25) is 0 Å². The van der Waals surface area contributed by atoms with Gasteiger partial charge in [0.2, 0.25) is 0 Å². The first-order valence-corrected chi connectivity index (χ1v) is 12.4. The largest absolute Gasteiger partial charge is 0.460 e. The zero-order valence-corrected chi connectivity index (χ0v) is 21.2. The molecule has 1 aromatic rings. The highest BCUT2D eigenvalue weighted by Crippen LogP contribution is 2.10. The van der Waals surface area contributed by atoms with E-state index in [0.717, 1.165) is 25.1 Å². The fraction of sp³-hybridized carbons (Fsp3) is 0.654. The number of carbonyl (C=O) groups excluding carboxylic acids is 1. The third-order valence-corrected chi connectivity index (χ3v) is 4.54. The van der Waals surface area contributed by atoms with Gasteiger partial charge in [0.15, 0.2) is 0 Å². The highest BCUT2D eigenvalue weighted by atomic mass is 16.6. The molecule has 200 valence electrons. The van der Waals surface area contributed by atoms with Gasteiger partial charge in [-0.1, -0.05) is 19.4 Å². The molecule has 1 rings (SSSR count). The molecule has 0 atom stereocenters. The van der Waals surface area contributed by atoms with Crippen molar-refractivity contribution in [3.05, 3.63) is 42.5 Å². The molecular formula is C26H43NO8. The Morgan fingerprint density at radius 3 is 1.66 bits per heavy atom. The topological polar surface area (TPSA) is 93.7 Å². The first-order chi connectivity index (χ1) is 17.3. The van der Waals surface area contributed by atoms with Gasteiger partial charge in [-0.2, -0.15) is 0 Å². The van der Waals surface area contributed by atoms with Crippen LogP contribution < -0.4 is 5.32 Å². The lowest BCUT2D eigenvalue weighted by Gasteiger charge is -2.09. The number of ether oxygens (including phenoxy) is 7. The summed E-state index contributed by atoms with van der Waals surface area (Å²) in [5.41, 5.74) is 1.53. The fourth-order valence-electron chi connectivity index (χ4n) is 2.68. The zero-order valence-electron chi connectivity index (χ0n) is 21.2. The van der Waals surface area contributed by atoms with Gasteiger partial charge in [0.05, 0.1) is 84.8 Å². The molecule has 0 spiro atoms. The molecule has 1 N–H and O–H groups in total. The van der Waals surface area contributed by atoms with Crippen LogP contribution in [0, 0.1) is 0 Å². The summed E-state index contributed by atoms with van der Waals surface area (Å²) in [5.74, 6) is -0.354. The fourth-order valence-corrected chi connectivity index (χ4v) is 2.68. The Morgan fingerprint density at radius 1 is 0.743 bits per heavy atom. The first kappa shape index (κ1) is 31.0. The van der Waals surface area contributed by atoms with E-state index in [2.05, 4.69) is 18.8 Å². The van der Waals surface area contributed by atoms with Crippen molar-refractivity contribution in [3.63, 3.8) is 0 Å². The SMILES string of the molecule is C=CCOCCOCCOCCOCCOCCOCCOC(=O)c1ccc(NCCCC)cc1. The molecule has 0 radical (unpaired) electrons. The predicted octanol–water partition coefficient (Wildman–Crippen LogP) is 3.34. The lowest BCUT2D eigenvalue weighted by atomic mass is 10.2. The van der Waals surface area contributed by atoms with E-state index in [1.807, 2.05) is 12.1 Å². The molecule has 0 aliphatic carbocycles. The van der Waals surface area contributed by atoms with Gasteiger partial charge in [0, 0.05) is 12.2 Å². The van der Waals surface area contributed by atoms with Crippen LogP contribution >= 0.6 is 0 Å². The Morgan fingerprint density at radius 2 is 1.20 bits per heavy atom. The van der Waals surface area contributed by atoms with Crippen molar-refractivity contribution >= 4 is 11.7 Å². The molecule has 0 saturated heterocycles. The van der Waals surface area contributed by atoms with E-state index in [1.54, 1.807) is 18.2 Å². The molecule has 0 bridgehead atoms. The van der Waals surface area contributed by atoms with Gasteiger partial charge < -0.3 is 38.5 Å². The normalized spacial score (nSPS) is 10.9. The third kappa shape index (κ3) is 18.9. The van der Waals surface area contributed by atoms with Gasteiger partial charge in [-0.25, -0.2) is 4.79 Å². The molecule has 1 aromatic carbocycles. The van der Waals surface area contributed by atoms with Crippen LogP contribution in [0.25, 0.3) is 0 Å². The Kier molecular flexibility index (Phi) is 21.0. The van der Waals surface area contributed by atoms with Crippen molar-refractivity contribution in [3.8, 4) is 0 Å². The second kappa shape index (κ2) is 23.7. The number of hydrogen-bond donors (Lipinski definition) is 1. The quantitative estimate of drug-likeness (QED) is 0.124. The Balaban J connectivity index is 1.82. The van der Waals surface area contributed by atoms with E-state index in [0.29, 0.717) is 84.8 Å². The summed E-state index contributed by atoms with van der Waals surface area (Å²) in [4.78, 5) is 12.0. The third-order valence-electron chi connectivity index (χ3n) is 4.54. The van der Waals surface area contributed by atoms with Gasteiger partial charge in [-0.05, 0) is 30.7 Å². The van der Waals surface area contributed by atoms with Crippen molar-refractivity contribution in [1.82, 2.24) is 0 Å². The number of benzene rings is 1. The van der Waals surface area contributed by atoms with Crippen LogP contribution in [0.2, 0.25) is 0 Å². The summed E-state index contributed by atoms with van der Waals surface area (Å²) >= 11 is 0. The molecule has 9 nitrogen and oxygen atoms in total. The smallest absolute Gasteiger partial charge is 0.338 e. The first-order valence-electron chi connectivity index (χ1n) is 12.4. The molecule has 0 unspecified atom stereocenters. The maximum absolute atomic E-state index is 12.0. The van der Waals surface area contributed by atoms with E-state index < -0.39 is 0 Å². The van der Waals surface area contributed by atoms with Crippen LogP contribution in [0.15, 0.2) is 36.9 Å². The molecule has 0 amide bonds. The Bertz CT molecular complexity index is 626. The molecule has 0 aromatic heterocycles. The molecule has 0 aliphatic heterocycles. The molecule has 0 aliphatic rings. The second-order valence-corrected chi connectivity index (χ2v) is 7.42. The summed E-state index contributed by atoms with van der Waals surface area (Å²) in [6.07, 6.45) is 3.96. The highest BCUT2D eigenvalue weighted by molar-refractivity contribution is 5.89. The standard InChI is InChI=1S/C26H43NO8/c1-3-5-10-27-25-8-6-24(7-9-25)26(28)35-23-22-34-21-20-33-19-18-32-17-16-31-15-14-30-13-12-29-11-4-2/h4,6-9,27H,2-3,5,10-23H2,1H3. The van der Waals surface area contributed by atoms with Gasteiger partial charge >= 0.3 is 5.97 Å². The Labute approximate surface area is 210 Å². The van der Waals surface area contributed by atoms with Crippen molar-refractivity contribution in [2.24, 2.45) is 0 Å².